The van der Waals surface area contributed by atoms with Gasteiger partial charge < -0.3 is 30.2 Å². The summed E-state index contributed by atoms with van der Waals surface area (Å²) in [5.41, 5.74) is 2.68. The molecule has 242 valence electrons. The van der Waals surface area contributed by atoms with Crippen molar-refractivity contribution >= 4 is 27.5 Å². The molecule has 0 saturated carbocycles. The topological polar surface area (TPSA) is 152 Å². The molecule has 3 rings (SSSR count). The summed E-state index contributed by atoms with van der Waals surface area (Å²) in [7, 11) is 3.97. The van der Waals surface area contributed by atoms with E-state index in [1.54, 1.807) is 19.2 Å². The fourth-order valence-corrected chi connectivity index (χ4v) is 6.05. The lowest BCUT2D eigenvalue weighted by Gasteiger charge is -2.21. The fourth-order valence-electron chi connectivity index (χ4n) is 5.33. The quantitative estimate of drug-likeness (QED) is 0.303. The molecule has 2 atom stereocenters. The van der Waals surface area contributed by atoms with Gasteiger partial charge in [-0.25, -0.2) is 12.7 Å². The van der Waals surface area contributed by atoms with Crippen molar-refractivity contribution < 1.29 is 32.2 Å². The number of hydrogen-bond donors (Lipinski definition) is 3. The third kappa shape index (κ3) is 8.00. The minimum absolute atomic E-state index is 0.0724. The minimum Gasteiger partial charge on any atom is -0.493 e. The van der Waals surface area contributed by atoms with Gasteiger partial charge in [0.25, 0.3) is 0 Å². The number of aryl methyl sites for hydroxylation is 1. The predicted octanol–water partition coefficient (Wildman–Crippen LogP) is 2.70. The Morgan fingerprint density at radius 2 is 1.73 bits per heavy atom. The van der Waals surface area contributed by atoms with Gasteiger partial charge >= 0.3 is 0 Å². The number of methoxy groups -OCH3 is 3. The van der Waals surface area contributed by atoms with Gasteiger partial charge in [0, 0.05) is 33.1 Å². The first-order chi connectivity index (χ1) is 20.7. The number of amides is 2. The highest BCUT2D eigenvalue weighted by Crippen LogP contribution is 2.50. The highest BCUT2D eigenvalue weighted by atomic mass is 32.2. The van der Waals surface area contributed by atoms with Crippen molar-refractivity contribution in [2.45, 2.75) is 52.1 Å². The lowest BCUT2D eigenvalue weighted by molar-refractivity contribution is -0.122. The Hall–Kier alpha value is -3.84. The molecule has 44 heavy (non-hydrogen) atoms. The van der Waals surface area contributed by atoms with Crippen LogP contribution in [0.15, 0.2) is 29.1 Å². The molecule has 1 aliphatic rings. The van der Waals surface area contributed by atoms with Crippen LogP contribution in [0.2, 0.25) is 0 Å². The molecule has 0 heterocycles. The van der Waals surface area contributed by atoms with Crippen LogP contribution in [0.3, 0.4) is 0 Å². The van der Waals surface area contributed by atoms with Gasteiger partial charge in [0.2, 0.25) is 33.0 Å². The zero-order valence-corrected chi connectivity index (χ0v) is 27.5. The zero-order chi connectivity index (χ0) is 32.8. The van der Waals surface area contributed by atoms with Gasteiger partial charge in [-0.1, -0.05) is 19.9 Å². The van der Waals surface area contributed by atoms with Crippen molar-refractivity contribution in [3.8, 4) is 28.4 Å². The second-order valence-corrected chi connectivity index (χ2v) is 13.6. The molecule has 13 heteroatoms. The summed E-state index contributed by atoms with van der Waals surface area (Å²) in [5, 5.41) is 8.78. The molecule has 2 aromatic carbocycles. The monoisotopic (exact) mass is 632 g/mol. The van der Waals surface area contributed by atoms with Gasteiger partial charge in [0.05, 0.1) is 38.8 Å². The van der Waals surface area contributed by atoms with Crippen molar-refractivity contribution in [3.05, 3.63) is 45.6 Å². The van der Waals surface area contributed by atoms with E-state index in [1.165, 1.54) is 41.3 Å². The molecule has 0 radical (unpaired) electrons. The first kappa shape index (κ1) is 34.6. The van der Waals surface area contributed by atoms with E-state index >= 15 is 0 Å². The van der Waals surface area contributed by atoms with Crippen molar-refractivity contribution in [2.75, 3.05) is 53.0 Å². The van der Waals surface area contributed by atoms with Crippen LogP contribution in [0.5, 0.6) is 17.2 Å². The summed E-state index contributed by atoms with van der Waals surface area (Å²) >= 11 is 0. The maximum Gasteiger partial charge on any atom is 0.242 e. The molecule has 3 N–H and O–H groups in total. The summed E-state index contributed by atoms with van der Waals surface area (Å²) in [5.74, 6) is 0.516. The van der Waals surface area contributed by atoms with Crippen LogP contribution in [-0.4, -0.2) is 78.3 Å². The van der Waals surface area contributed by atoms with E-state index < -0.39 is 28.0 Å². The van der Waals surface area contributed by atoms with Crippen molar-refractivity contribution in [1.82, 2.24) is 14.9 Å². The average molecular weight is 633 g/mol. The minimum atomic E-state index is -3.49. The van der Waals surface area contributed by atoms with E-state index in [4.69, 9.17) is 14.2 Å². The molecule has 2 aromatic rings. The molecule has 1 aliphatic carbocycles. The largest absolute Gasteiger partial charge is 0.493 e. The van der Waals surface area contributed by atoms with Gasteiger partial charge in [-0.2, -0.15) is 0 Å². The molecule has 2 unspecified atom stereocenters. The third-order valence-electron chi connectivity index (χ3n) is 7.48. The maximum atomic E-state index is 13.7. The smallest absolute Gasteiger partial charge is 0.242 e. The Morgan fingerprint density at radius 1 is 1.05 bits per heavy atom. The predicted molar refractivity (Wildman–Crippen MR) is 170 cm³/mol. The van der Waals surface area contributed by atoms with Gasteiger partial charge in [0.15, 0.2) is 11.5 Å². The van der Waals surface area contributed by atoms with E-state index in [2.05, 4.69) is 16.0 Å². The second kappa shape index (κ2) is 14.8. The fraction of sp³-hybridized carbons (Fsp3) is 0.516. The normalized spacial score (nSPS) is 15.0. The molecule has 0 aromatic heterocycles. The van der Waals surface area contributed by atoms with E-state index in [9.17, 15) is 22.8 Å². The number of carbonyl (C=O) groups excluding carboxylic acids is 2. The van der Waals surface area contributed by atoms with Crippen molar-refractivity contribution in [1.29, 1.82) is 0 Å². The Labute approximate surface area is 259 Å². The number of carbonyl (C=O) groups is 2. The molecule has 0 spiro atoms. The lowest BCUT2D eigenvalue weighted by Crippen LogP contribution is -2.43. The molecular formula is C31H44N4O8S. The second-order valence-electron chi connectivity index (χ2n) is 11.3. The number of fused-ring (bicyclic) bond motifs is 3. The van der Waals surface area contributed by atoms with E-state index in [1.807, 2.05) is 19.9 Å². The SMILES string of the molecule is COc1cc2c(c(OC)c1OC)-c1ccc(NC(CC(C)C)C(=O)NCCS(=O)(=O)N(C)C)c(=O)cc1C(NC(C)=O)CC2. The summed E-state index contributed by atoms with van der Waals surface area (Å²) in [6.07, 6.45) is 1.47. The summed E-state index contributed by atoms with van der Waals surface area (Å²) in [4.78, 5) is 39.1. The van der Waals surface area contributed by atoms with Crippen LogP contribution in [0.25, 0.3) is 11.1 Å². The van der Waals surface area contributed by atoms with E-state index in [0.717, 1.165) is 9.87 Å². The van der Waals surface area contributed by atoms with Crippen LogP contribution in [0.1, 0.15) is 50.8 Å². The Bertz CT molecular complexity index is 1540. The maximum absolute atomic E-state index is 13.7. The first-order valence-corrected chi connectivity index (χ1v) is 16.1. The van der Waals surface area contributed by atoms with Gasteiger partial charge in [-0.3, -0.25) is 14.4 Å². The average Bonchev–Trinajstić information content (AvgIpc) is 3.19. The van der Waals surface area contributed by atoms with Gasteiger partial charge in [-0.15, -0.1) is 0 Å². The summed E-state index contributed by atoms with van der Waals surface area (Å²) in [6.45, 7) is 5.26. The van der Waals surface area contributed by atoms with Crippen LogP contribution in [-0.2, 0) is 26.0 Å². The van der Waals surface area contributed by atoms with Crippen LogP contribution in [0, 0.1) is 5.92 Å². The van der Waals surface area contributed by atoms with Crippen molar-refractivity contribution in [2.24, 2.45) is 5.92 Å². The number of sulfonamides is 1. The van der Waals surface area contributed by atoms with Crippen molar-refractivity contribution in [3.63, 3.8) is 0 Å². The number of ether oxygens (including phenoxy) is 3. The Balaban J connectivity index is 2.12. The third-order valence-corrected chi connectivity index (χ3v) is 9.32. The van der Waals surface area contributed by atoms with E-state index in [0.29, 0.717) is 53.2 Å². The first-order valence-electron chi connectivity index (χ1n) is 14.5. The van der Waals surface area contributed by atoms with Gasteiger partial charge in [0.1, 0.15) is 6.04 Å². The Morgan fingerprint density at radius 3 is 2.30 bits per heavy atom. The molecule has 0 fully saturated rings. The standard InChI is InChI=1S/C31H44N4O8S/c1-18(2)15-25(31(38)32-13-14-44(39,40)35(4)5)34-24-12-10-21-22(17-26(24)37)23(33-19(3)36)11-9-20-16-27(41-6)29(42-7)30(43-8)28(20)21/h10,12,16-18,23,25H,9,11,13-15H2,1-8H3,(H,32,38)(H,33,36)(H,34,37). The number of rotatable bonds is 13. The highest BCUT2D eigenvalue weighted by molar-refractivity contribution is 7.89. The summed E-state index contributed by atoms with van der Waals surface area (Å²) in [6, 6.07) is 5.48. The number of nitrogens with one attached hydrogen (secondary N) is 3. The number of benzene rings is 1. The molecule has 2 amide bonds. The van der Waals surface area contributed by atoms with Gasteiger partial charge in [-0.05, 0) is 60.1 Å². The molecule has 12 nitrogen and oxygen atoms in total. The lowest BCUT2D eigenvalue weighted by atomic mass is 9.95. The highest BCUT2D eigenvalue weighted by Gasteiger charge is 2.30. The van der Waals surface area contributed by atoms with Crippen LogP contribution >= 0.6 is 0 Å². The molecule has 0 aliphatic heterocycles. The van der Waals surface area contributed by atoms with Crippen LogP contribution < -0.4 is 35.6 Å². The molecule has 0 saturated heterocycles. The van der Waals surface area contributed by atoms with Crippen LogP contribution in [0.4, 0.5) is 5.69 Å². The Kier molecular flexibility index (Phi) is 11.6. The number of hydrogen-bond acceptors (Lipinski definition) is 9. The molecular weight excluding hydrogens is 588 g/mol. The molecule has 0 bridgehead atoms. The number of nitrogens with zero attached hydrogens (tertiary/aromatic N) is 1. The van der Waals surface area contributed by atoms with E-state index in [-0.39, 0.29) is 35.2 Å². The number of anilines is 1. The zero-order valence-electron chi connectivity index (χ0n) is 26.7. The summed E-state index contributed by atoms with van der Waals surface area (Å²) < 4.78 is 42.4.